The predicted octanol–water partition coefficient (Wildman–Crippen LogP) is 12.7. The number of carbonyl (C=O) groups excluding carboxylic acids is 2. The first-order chi connectivity index (χ1) is 49.7. The normalized spacial score (nSPS) is 25.0. The van der Waals surface area contributed by atoms with Crippen LogP contribution in [0.5, 0.6) is 0 Å². The fourth-order valence-corrected chi connectivity index (χ4v) is 12.3. The van der Waals surface area contributed by atoms with Gasteiger partial charge in [-0.25, -0.2) is 0 Å². The van der Waals surface area contributed by atoms with Crippen molar-refractivity contribution in [2.75, 3.05) is 33.0 Å². The van der Waals surface area contributed by atoms with Gasteiger partial charge in [0.25, 0.3) is 0 Å². The van der Waals surface area contributed by atoms with E-state index in [1.54, 1.807) is 0 Å². The number of hydrogen-bond acceptors (Lipinski definition) is 19. The molecule has 3 aliphatic rings. The molecule has 8 aromatic carbocycles. The molecule has 101 heavy (non-hydrogen) atoms. The minimum Gasteiger partial charge on any atom is -0.456 e. The van der Waals surface area contributed by atoms with Crippen molar-refractivity contribution in [2.24, 2.45) is 5.11 Å². The average molecular weight is 1380 g/mol. The minimum atomic E-state index is -1.47. The molecule has 0 radical (unpaired) electrons. The van der Waals surface area contributed by atoms with E-state index in [4.69, 9.17) is 75.8 Å². The standard InChI is InChI=1S/C80H87N3O18/c1-56(84)95-71-68(55-88-47-60-31-15-5-16-32-60)99-80(77(74(71)96-57(2)85)94-52-65-41-25-10-26-42-65)101-70-67(54-87-46-59-29-13-4-14-30-59)98-79(76(93-51-64-39-23-9-24-40-64)73(70)91-49-62-35-19-7-20-36-62)100-69-66(53-86-45-58-27-11-3-12-28-58)97-78(89-44-43-82-83-81)75(92-50-63-37-21-8-22-38-63)72(69)90-48-61-33-17-6-18-34-61/h3-42,66-80H,43-55H2,1-2H3/t66-,67?,68?,69-,70+,71+,72?,73+,74+,75?,76?,77?,78+,79+,80+/m1/s1. The lowest BCUT2D eigenvalue weighted by atomic mass is 9.95. The third-order valence-electron chi connectivity index (χ3n) is 17.1. The van der Waals surface area contributed by atoms with Crippen molar-refractivity contribution >= 4 is 11.9 Å². The van der Waals surface area contributed by atoms with Gasteiger partial charge in [-0.2, -0.15) is 0 Å². The molecule has 3 fully saturated rings. The van der Waals surface area contributed by atoms with Crippen LogP contribution in [0.4, 0.5) is 0 Å². The molecule has 3 aliphatic heterocycles. The van der Waals surface area contributed by atoms with Gasteiger partial charge in [0.05, 0.1) is 79.3 Å². The summed E-state index contributed by atoms with van der Waals surface area (Å²) in [6, 6.07) is 77.3. The van der Waals surface area contributed by atoms with E-state index >= 15 is 0 Å². The SMILES string of the molecule is CC(=O)O[C@@H]1C(OCc2ccccc2)[C@H](O[C@H]2C(COCc3ccccc3)O[C@@H](O[C@H]3C(OCc4ccccc4)C(OCc4ccccc4)[C@@H](OCCN=[N+]=[N-])O[C@@H]3COCc3ccccc3)C(OCc3ccccc3)[C@H]2OCc2ccccc2)OC(COCc2ccccc2)[C@@H]1OC(C)=O. The van der Waals surface area contributed by atoms with Crippen LogP contribution >= 0.6 is 0 Å². The molecule has 0 aliphatic carbocycles. The zero-order valence-electron chi connectivity index (χ0n) is 56.6. The van der Waals surface area contributed by atoms with Gasteiger partial charge in [-0.3, -0.25) is 9.59 Å². The molecule has 21 nitrogen and oxygen atoms in total. The fourth-order valence-electron chi connectivity index (χ4n) is 12.3. The molecule has 0 aromatic heterocycles. The highest BCUT2D eigenvalue weighted by Crippen LogP contribution is 2.40. The molecule has 8 aromatic rings. The molecule has 0 spiro atoms. The van der Waals surface area contributed by atoms with E-state index in [0.717, 1.165) is 44.5 Å². The molecule has 21 heteroatoms. The maximum absolute atomic E-state index is 13.6. The van der Waals surface area contributed by atoms with Crippen LogP contribution in [-0.2, 0) is 138 Å². The Labute approximate surface area is 589 Å². The van der Waals surface area contributed by atoms with Gasteiger partial charge in [-0.15, -0.1) is 0 Å². The first kappa shape index (κ1) is 73.7. The molecule has 0 bridgehead atoms. The van der Waals surface area contributed by atoms with Gasteiger partial charge in [-0.1, -0.05) is 248 Å². The summed E-state index contributed by atoms with van der Waals surface area (Å²) in [5.41, 5.74) is 16.2. The summed E-state index contributed by atoms with van der Waals surface area (Å²) in [4.78, 5) is 29.9. The zero-order chi connectivity index (χ0) is 69.6. The molecule has 0 saturated carbocycles. The van der Waals surface area contributed by atoms with Gasteiger partial charge in [0.1, 0.15) is 61.0 Å². The summed E-state index contributed by atoms with van der Waals surface area (Å²) < 4.78 is 111. The van der Waals surface area contributed by atoms with Gasteiger partial charge in [-0.05, 0) is 50.0 Å². The van der Waals surface area contributed by atoms with E-state index < -0.39 is 104 Å². The number of ether oxygens (including phenoxy) is 16. The summed E-state index contributed by atoms with van der Waals surface area (Å²) in [7, 11) is 0. The van der Waals surface area contributed by atoms with Crippen LogP contribution in [0.25, 0.3) is 10.4 Å². The predicted molar refractivity (Wildman–Crippen MR) is 370 cm³/mol. The van der Waals surface area contributed by atoms with E-state index in [1.165, 1.54) is 13.8 Å². The third kappa shape index (κ3) is 22.5. The number of nitrogens with zero attached hydrogens (tertiary/aromatic N) is 3. The smallest absolute Gasteiger partial charge is 0.303 e. The van der Waals surface area contributed by atoms with Crippen molar-refractivity contribution in [3.8, 4) is 0 Å². The molecular weight excluding hydrogens is 1290 g/mol. The van der Waals surface area contributed by atoms with Crippen molar-refractivity contribution in [2.45, 2.75) is 159 Å². The maximum atomic E-state index is 13.6. The Balaban J connectivity index is 1.04. The molecule has 6 unspecified atom stereocenters. The van der Waals surface area contributed by atoms with Gasteiger partial charge in [0.2, 0.25) is 0 Å². The minimum absolute atomic E-state index is 0.00420. The summed E-state index contributed by atoms with van der Waals surface area (Å²) in [5.74, 6) is -1.35. The van der Waals surface area contributed by atoms with Crippen LogP contribution in [0.15, 0.2) is 248 Å². The lowest BCUT2D eigenvalue weighted by Crippen LogP contribution is -2.68. The van der Waals surface area contributed by atoms with Gasteiger partial charge >= 0.3 is 11.9 Å². The highest BCUT2D eigenvalue weighted by Gasteiger charge is 2.58. The molecule has 0 N–H and O–H groups in total. The molecule has 15 atom stereocenters. The molecule has 0 amide bonds. The van der Waals surface area contributed by atoms with Gasteiger partial charge in [0, 0.05) is 25.3 Å². The monoisotopic (exact) mass is 1380 g/mol. The van der Waals surface area contributed by atoms with Crippen LogP contribution < -0.4 is 0 Å². The highest BCUT2D eigenvalue weighted by molar-refractivity contribution is 5.67. The Morgan fingerprint density at radius 3 is 0.891 bits per heavy atom. The second-order valence-electron chi connectivity index (χ2n) is 24.6. The number of hydrogen-bond donors (Lipinski definition) is 0. The zero-order valence-corrected chi connectivity index (χ0v) is 56.6. The van der Waals surface area contributed by atoms with Crippen LogP contribution in [0, 0.1) is 0 Å². The van der Waals surface area contributed by atoms with Crippen molar-refractivity contribution < 1.29 is 85.4 Å². The van der Waals surface area contributed by atoms with Crippen LogP contribution in [0.2, 0.25) is 0 Å². The van der Waals surface area contributed by atoms with Crippen molar-refractivity contribution in [3.05, 3.63) is 298 Å². The van der Waals surface area contributed by atoms with Crippen LogP contribution in [0.3, 0.4) is 0 Å². The largest absolute Gasteiger partial charge is 0.456 e. The van der Waals surface area contributed by atoms with Gasteiger partial charge in [0.15, 0.2) is 31.1 Å². The average Bonchev–Trinajstić information content (AvgIpc) is 0.765. The second kappa shape index (κ2) is 39.6. The Morgan fingerprint density at radius 2 is 0.584 bits per heavy atom. The Morgan fingerprint density at radius 1 is 0.327 bits per heavy atom. The van der Waals surface area contributed by atoms with E-state index in [-0.39, 0.29) is 85.8 Å². The first-order valence-electron chi connectivity index (χ1n) is 34.1. The number of azide groups is 1. The van der Waals surface area contributed by atoms with E-state index in [1.807, 2.05) is 243 Å². The summed E-state index contributed by atoms with van der Waals surface area (Å²) >= 11 is 0. The summed E-state index contributed by atoms with van der Waals surface area (Å²) in [6.07, 6.45) is -18.0. The molecule has 11 rings (SSSR count). The van der Waals surface area contributed by atoms with Crippen LogP contribution in [0.1, 0.15) is 58.4 Å². The van der Waals surface area contributed by atoms with E-state index in [9.17, 15) is 15.1 Å². The third-order valence-corrected chi connectivity index (χ3v) is 17.1. The van der Waals surface area contributed by atoms with Crippen molar-refractivity contribution in [1.29, 1.82) is 0 Å². The lowest BCUT2D eigenvalue weighted by molar-refractivity contribution is -0.393. The summed E-state index contributed by atoms with van der Waals surface area (Å²) in [5, 5.41) is 3.78. The number of esters is 2. The number of benzene rings is 8. The topological polar surface area (TPSA) is 231 Å². The fraction of sp³-hybridized carbons (Fsp3) is 0.375. The second-order valence-corrected chi connectivity index (χ2v) is 24.6. The van der Waals surface area contributed by atoms with E-state index in [0.29, 0.717) is 0 Å². The van der Waals surface area contributed by atoms with Crippen molar-refractivity contribution in [1.82, 2.24) is 0 Å². The first-order valence-corrected chi connectivity index (χ1v) is 34.1. The number of carbonyl (C=O) groups is 2. The number of rotatable bonds is 37. The lowest BCUT2D eigenvalue weighted by Gasteiger charge is -2.51. The highest BCUT2D eigenvalue weighted by atomic mass is 16.8. The Kier molecular flexibility index (Phi) is 28.9. The van der Waals surface area contributed by atoms with Crippen LogP contribution in [-0.4, -0.2) is 137 Å². The van der Waals surface area contributed by atoms with Crippen molar-refractivity contribution in [3.63, 3.8) is 0 Å². The quantitative estimate of drug-likeness (QED) is 0.0116. The summed E-state index contributed by atoms with van der Waals surface area (Å²) in [6.45, 7) is 2.89. The van der Waals surface area contributed by atoms with E-state index in [2.05, 4.69) is 10.0 Å². The Hall–Kier alpha value is -8.55. The van der Waals surface area contributed by atoms with Gasteiger partial charge < -0.3 is 75.8 Å². The molecule has 3 heterocycles. The molecule has 530 valence electrons. The molecular formula is C80H87N3O18. The Bertz CT molecular complexity index is 3710. The molecule has 3 saturated heterocycles. The maximum Gasteiger partial charge on any atom is 0.303 e.